The average molecular weight is 474 g/mol. The predicted octanol–water partition coefficient (Wildman–Crippen LogP) is 2.84. The third-order valence-electron chi connectivity index (χ3n) is 6.52. The van der Waals surface area contributed by atoms with Gasteiger partial charge in [0, 0.05) is 50.1 Å². The van der Waals surface area contributed by atoms with Crippen molar-refractivity contribution in [3.8, 4) is 11.5 Å². The molecule has 35 heavy (non-hydrogen) atoms. The van der Waals surface area contributed by atoms with E-state index >= 15 is 0 Å². The topological polar surface area (TPSA) is 78.1 Å². The summed E-state index contributed by atoms with van der Waals surface area (Å²) in [5.74, 6) is 0.889. The fourth-order valence-corrected chi connectivity index (χ4v) is 4.69. The Hall–Kier alpha value is -3.75. The van der Waals surface area contributed by atoms with E-state index in [9.17, 15) is 4.79 Å². The molecule has 0 spiro atoms. The van der Waals surface area contributed by atoms with Crippen molar-refractivity contribution in [2.45, 2.75) is 6.17 Å². The van der Waals surface area contributed by atoms with Crippen LogP contribution < -0.4 is 25.4 Å². The Bertz CT molecular complexity index is 1180. The average Bonchev–Trinajstić information content (AvgIpc) is 3.27. The molecule has 3 aliphatic rings. The Kier molecular flexibility index (Phi) is 6.74. The van der Waals surface area contributed by atoms with Crippen LogP contribution in [0.1, 0.15) is 15.9 Å². The number of methoxy groups -OCH3 is 2. The van der Waals surface area contributed by atoms with Crippen molar-refractivity contribution in [2.24, 2.45) is 0 Å². The summed E-state index contributed by atoms with van der Waals surface area (Å²) in [6.45, 7) is 4.83. The van der Waals surface area contributed by atoms with Gasteiger partial charge >= 0.3 is 0 Å². The molecule has 182 valence electrons. The molecule has 2 aromatic rings. The molecule has 8 nitrogen and oxygen atoms in total. The van der Waals surface area contributed by atoms with Gasteiger partial charge in [0.2, 0.25) is 0 Å². The molecule has 8 heteroatoms. The number of carbonyl (C=O) groups is 1. The van der Waals surface area contributed by atoms with E-state index < -0.39 is 0 Å². The van der Waals surface area contributed by atoms with Gasteiger partial charge in [-0.1, -0.05) is 24.3 Å². The Labute approximate surface area is 205 Å². The van der Waals surface area contributed by atoms with Gasteiger partial charge in [-0.2, -0.15) is 0 Å². The maximum Gasteiger partial charge on any atom is 0.255 e. The van der Waals surface area contributed by atoms with Crippen LogP contribution >= 0.6 is 0 Å². The normalized spacial score (nSPS) is 19.4. The molecule has 0 radical (unpaired) electrons. The van der Waals surface area contributed by atoms with Crippen molar-refractivity contribution < 1.29 is 14.3 Å². The van der Waals surface area contributed by atoms with Gasteiger partial charge in [0.05, 0.1) is 31.3 Å². The van der Waals surface area contributed by atoms with Gasteiger partial charge in [0.15, 0.2) is 11.5 Å². The van der Waals surface area contributed by atoms with Crippen molar-refractivity contribution in [1.29, 1.82) is 0 Å². The smallest absolute Gasteiger partial charge is 0.255 e. The lowest BCUT2D eigenvalue weighted by Gasteiger charge is -2.31. The third-order valence-corrected chi connectivity index (χ3v) is 6.52. The summed E-state index contributed by atoms with van der Waals surface area (Å²) in [4.78, 5) is 18.0. The van der Waals surface area contributed by atoms with Crippen LogP contribution in [0.15, 0.2) is 72.6 Å². The maximum absolute atomic E-state index is 13.2. The van der Waals surface area contributed by atoms with Crippen LogP contribution in [0.4, 0.5) is 5.69 Å². The van der Waals surface area contributed by atoms with Crippen LogP contribution in [0.5, 0.6) is 11.5 Å². The molecular weight excluding hydrogens is 442 g/mol. The van der Waals surface area contributed by atoms with Crippen LogP contribution in [-0.4, -0.2) is 68.8 Å². The number of para-hydroxylation sites is 1. The predicted molar refractivity (Wildman–Crippen MR) is 137 cm³/mol. The Balaban J connectivity index is 1.46. The van der Waals surface area contributed by atoms with E-state index in [1.54, 1.807) is 32.4 Å². The second-order valence-corrected chi connectivity index (χ2v) is 8.64. The highest BCUT2D eigenvalue weighted by molar-refractivity contribution is 6.06. The molecule has 1 unspecified atom stereocenters. The molecule has 3 aliphatic heterocycles. The SMILES string of the molecule is COc1ccc(C(=O)Nc2ccccc2C2=C(CN3CCNCC3)N3C=CC=CC3N2)cc1OC. The largest absolute Gasteiger partial charge is 0.493 e. The second-order valence-electron chi connectivity index (χ2n) is 8.64. The summed E-state index contributed by atoms with van der Waals surface area (Å²) in [7, 11) is 3.14. The van der Waals surface area contributed by atoms with Gasteiger partial charge in [-0.25, -0.2) is 0 Å². The molecule has 3 N–H and O–H groups in total. The minimum absolute atomic E-state index is 0.0579. The molecule has 2 aromatic carbocycles. The number of carbonyl (C=O) groups excluding carboxylic acids is 1. The minimum atomic E-state index is -0.210. The number of anilines is 1. The lowest BCUT2D eigenvalue weighted by Crippen LogP contribution is -2.45. The number of nitrogens with one attached hydrogen (secondary N) is 3. The number of benzene rings is 2. The van der Waals surface area contributed by atoms with Gasteiger partial charge in [0.25, 0.3) is 5.91 Å². The van der Waals surface area contributed by atoms with Crippen molar-refractivity contribution in [1.82, 2.24) is 20.4 Å². The third kappa shape index (κ3) is 4.76. The summed E-state index contributed by atoms with van der Waals surface area (Å²) in [6, 6.07) is 13.1. The van der Waals surface area contributed by atoms with Gasteiger partial charge in [0.1, 0.15) is 6.17 Å². The monoisotopic (exact) mass is 473 g/mol. The van der Waals surface area contributed by atoms with Crippen molar-refractivity contribution in [3.05, 3.63) is 83.7 Å². The van der Waals surface area contributed by atoms with Crippen molar-refractivity contribution in [3.63, 3.8) is 0 Å². The molecule has 0 aromatic heterocycles. The molecule has 0 aliphatic carbocycles. The highest BCUT2D eigenvalue weighted by Gasteiger charge is 2.32. The quantitative estimate of drug-likeness (QED) is 0.571. The van der Waals surface area contributed by atoms with Crippen LogP contribution in [0, 0.1) is 0 Å². The Morgan fingerprint density at radius 1 is 1.06 bits per heavy atom. The first-order valence-electron chi connectivity index (χ1n) is 11.9. The van der Waals surface area contributed by atoms with E-state index in [1.165, 1.54) is 5.70 Å². The number of hydrogen-bond donors (Lipinski definition) is 3. The molecule has 1 atom stereocenters. The summed E-state index contributed by atoms with van der Waals surface area (Å²) in [5, 5.41) is 10.2. The van der Waals surface area contributed by atoms with Crippen LogP contribution in [-0.2, 0) is 0 Å². The van der Waals surface area contributed by atoms with Crippen LogP contribution in [0.25, 0.3) is 5.70 Å². The summed E-state index contributed by atoms with van der Waals surface area (Å²) >= 11 is 0. The van der Waals surface area contributed by atoms with Gasteiger partial charge in [-0.05, 0) is 36.4 Å². The van der Waals surface area contributed by atoms with Gasteiger partial charge in [-0.15, -0.1) is 0 Å². The fraction of sp³-hybridized carbons (Fsp3) is 0.296. The Morgan fingerprint density at radius 3 is 2.66 bits per heavy atom. The summed E-state index contributed by atoms with van der Waals surface area (Å²) in [5.41, 5.74) is 4.44. The zero-order valence-electron chi connectivity index (χ0n) is 20.1. The van der Waals surface area contributed by atoms with E-state index in [1.807, 2.05) is 18.2 Å². The van der Waals surface area contributed by atoms with E-state index in [0.29, 0.717) is 17.1 Å². The lowest BCUT2D eigenvalue weighted by molar-refractivity contribution is 0.102. The van der Waals surface area contributed by atoms with Crippen LogP contribution in [0.2, 0.25) is 0 Å². The first-order valence-corrected chi connectivity index (χ1v) is 11.9. The first-order chi connectivity index (χ1) is 17.2. The number of fused-ring (bicyclic) bond motifs is 1. The first kappa shape index (κ1) is 23.0. The molecule has 5 rings (SSSR count). The number of allylic oxidation sites excluding steroid dienone is 2. The van der Waals surface area contributed by atoms with E-state index in [4.69, 9.17) is 9.47 Å². The standard InChI is InChI=1S/C27H31N5O3/c1-34-23-11-10-19(17-24(23)35-2)27(33)29-21-8-4-3-7-20(21)26-22(18-31-15-12-28-13-16-31)32-14-6-5-9-25(32)30-26/h3-11,14,17,25,28,30H,12-13,15-16,18H2,1-2H3,(H,29,33). The molecule has 0 bridgehead atoms. The number of nitrogens with zero attached hydrogens (tertiary/aromatic N) is 2. The fourth-order valence-electron chi connectivity index (χ4n) is 4.69. The number of piperazine rings is 1. The highest BCUT2D eigenvalue weighted by Crippen LogP contribution is 2.34. The molecule has 1 saturated heterocycles. The zero-order valence-corrected chi connectivity index (χ0v) is 20.1. The van der Waals surface area contributed by atoms with Crippen molar-refractivity contribution >= 4 is 17.3 Å². The molecule has 0 saturated carbocycles. The molecule has 1 fully saturated rings. The van der Waals surface area contributed by atoms with Crippen molar-refractivity contribution in [2.75, 3.05) is 52.3 Å². The number of rotatable bonds is 7. The highest BCUT2D eigenvalue weighted by atomic mass is 16.5. The van der Waals surface area contributed by atoms with Crippen LogP contribution in [0.3, 0.4) is 0 Å². The van der Waals surface area contributed by atoms with E-state index in [0.717, 1.165) is 49.7 Å². The second kappa shape index (κ2) is 10.2. The maximum atomic E-state index is 13.2. The number of ether oxygens (including phenoxy) is 2. The minimum Gasteiger partial charge on any atom is -0.493 e. The van der Waals surface area contributed by atoms with Gasteiger partial charge < -0.3 is 30.3 Å². The number of amides is 1. The van der Waals surface area contributed by atoms with E-state index in [2.05, 4.69) is 56.2 Å². The van der Waals surface area contributed by atoms with E-state index in [-0.39, 0.29) is 12.1 Å². The number of hydrogen-bond acceptors (Lipinski definition) is 7. The summed E-state index contributed by atoms with van der Waals surface area (Å²) in [6.07, 6.45) is 8.44. The lowest BCUT2D eigenvalue weighted by atomic mass is 10.1. The molecule has 1 amide bonds. The Morgan fingerprint density at radius 2 is 1.86 bits per heavy atom. The molecule has 3 heterocycles. The zero-order chi connectivity index (χ0) is 24.2. The van der Waals surface area contributed by atoms with Gasteiger partial charge in [-0.3, -0.25) is 9.69 Å². The summed E-state index contributed by atoms with van der Waals surface area (Å²) < 4.78 is 10.7. The molecular formula is C27H31N5O3.